The van der Waals surface area contributed by atoms with Gasteiger partial charge in [0.1, 0.15) is 0 Å². The van der Waals surface area contributed by atoms with Gasteiger partial charge in [0.2, 0.25) is 0 Å². The van der Waals surface area contributed by atoms with Crippen LogP contribution in [0, 0.1) is 11.8 Å². The molecular formula is C15H16BrClN4S2. The topological polar surface area (TPSA) is 48.1 Å². The van der Waals surface area contributed by atoms with Crippen molar-refractivity contribution in [2.75, 3.05) is 5.32 Å². The first-order valence-electron chi connectivity index (χ1n) is 7.28. The monoisotopic (exact) mass is 430 g/mol. The van der Waals surface area contributed by atoms with E-state index in [2.05, 4.69) is 49.6 Å². The molecule has 1 aromatic carbocycles. The number of thiocarbonyl (C=S) groups is 2. The van der Waals surface area contributed by atoms with E-state index in [1.54, 1.807) is 6.07 Å². The summed E-state index contributed by atoms with van der Waals surface area (Å²) in [6.07, 6.45) is 6.96. The summed E-state index contributed by atoms with van der Waals surface area (Å²) in [5, 5.41) is 7.96. The maximum absolute atomic E-state index is 6.05. The minimum atomic E-state index is 0.415. The molecule has 3 rings (SSSR count). The van der Waals surface area contributed by atoms with E-state index in [1.165, 1.54) is 6.42 Å². The molecule has 0 spiro atoms. The van der Waals surface area contributed by atoms with E-state index >= 15 is 0 Å². The second kappa shape index (κ2) is 7.34. The Morgan fingerprint density at radius 3 is 2.57 bits per heavy atom. The summed E-state index contributed by atoms with van der Waals surface area (Å²) < 4.78 is 0.840. The summed E-state index contributed by atoms with van der Waals surface area (Å²) in [6, 6.07) is 5.94. The SMILES string of the molecule is S=C(NNC(=S)N[C@H]1C[C@H]2C=C[C@@H]1C2)Nc1ccc(Br)c(Cl)c1. The highest BCUT2D eigenvalue weighted by Crippen LogP contribution is 2.38. The first kappa shape index (κ1) is 17.0. The highest BCUT2D eigenvalue weighted by Gasteiger charge is 2.35. The summed E-state index contributed by atoms with van der Waals surface area (Å²) in [7, 11) is 0. The molecule has 0 aliphatic heterocycles. The normalized spacial score (nSPS) is 24.3. The van der Waals surface area contributed by atoms with Gasteiger partial charge in [0.15, 0.2) is 10.2 Å². The second-order valence-electron chi connectivity index (χ2n) is 5.69. The van der Waals surface area contributed by atoms with Crippen LogP contribution in [0.4, 0.5) is 5.69 Å². The fraction of sp³-hybridized carbons (Fsp3) is 0.333. The number of benzene rings is 1. The van der Waals surface area contributed by atoms with Crippen molar-refractivity contribution < 1.29 is 0 Å². The van der Waals surface area contributed by atoms with Gasteiger partial charge in [-0.2, -0.15) is 0 Å². The first-order chi connectivity index (χ1) is 11.0. The Morgan fingerprint density at radius 2 is 1.91 bits per heavy atom. The van der Waals surface area contributed by atoms with Crippen LogP contribution in [0.25, 0.3) is 0 Å². The van der Waals surface area contributed by atoms with Crippen LogP contribution >= 0.6 is 52.0 Å². The van der Waals surface area contributed by atoms with E-state index in [0.717, 1.165) is 16.6 Å². The van der Waals surface area contributed by atoms with Gasteiger partial charge in [-0.05, 0) is 83.2 Å². The molecule has 0 amide bonds. The third-order valence-corrected chi connectivity index (χ3v) is 5.72. The molecule has 0 radical (unpaired) electrons. The molecule has 2 bridgehead atoms. The predicted molar refractivity (Wildman–Crippen MR) is 107 cm³/mol. The van der Waals surface area contributed by atoms with E-state index in [1.807, 2.05) is 12.1 Å². The molecule has 1 saturated carbocycles. The Hall–Kier alpha value is -0.890. The number of allylic oxidation sites excluding steroid dienone is 1. The third kappa shape index (κ3) is 4.35. The Balaban J connectivity index is 1.42. The second-order valence-corrected chi connectivity index (χ2v) is 7.77. The molecule has 2 aliphatic rings. The highest BCUT2D eigenvalue weighted by molar-refractivity contribution is 9.10. The molecule has 4 N–H and O–H groups in total. The van der Waals surface area contributed by atoms with Crippen molar-refractivity contribution in [1.29, 1.82) is 0 Å². The summed E-state index contributed by atoms with van der Waals surface area (Å²) >= 11 is 19.9. The Kier molecular flexibility index (Phi) is 5.41. The summed E-state index contributed by atoms with van der Waals surface area (Å²) in [6.45, 7) is 0. The zero-order valence-electron chi connectivity index (χ0n) is 12.1. The standard InChI is InChI=1S/C15H16BrClN4S2/c16-11-4-3-10(7-12(11)17)18-14(22)20-21-15(23)19-13-6-8-1-2-9(13)5-8/h1-4,7-9,13H,5-6H2,(H2,18,20,22)(H2,19,21,23)/t8-,9+,13-/m0/s1. The number of nitrogens with one attached hydrogen (secondary N) is 4. The van der Waals surface area contributed by atoms with Crippen LogP contribution in [-0.4, -0.2) is 16.3 Å². The van der Waals surface area contributed by atoms with Crippen molar-refractivity contribution in [2.24, 2.45) is 11.8 Å². The molecule has 3 atom stereocenters. The molecule has 0 saturated heterocycles. The van der Waals surface area contributed by atoms with Gasteiger partial charge >= 0.3 is 0 Å². The van der Waals surface area contributed by atoms with Crippen LogP contribution in [0.5, 0.6) is 0 Å². The van der Waals surface area contributed by atoms with Crippen LogP contribution in [0.2, 0.25) is 5.02 Å². The molecule has 2 aliphatic carbocycles. The van der Waals surface area contributed by atoms with Crippen molar-refractivity contribution in [3.63, 3.8) is 0 Å². The molecule has 8 heteroatoms. The largest absolute Gasteiger partial charge is 0.358 e. The highest BCUT2D eigenvalue weighted by atomic mass is 79.9. The summed E-state index contributed by atoms with van der Waals surface area (Å²) in [5.41, 5.74) is 6.59. The summed E-state index contributed by atoms with van der Waals surface area (Å²) in [4.78, 5) is 0. The Labute approximate surface area is 159 Å². The lowest BCUT2D eigenvalue weighted by Crippen LogP contribution is -2.51. The molecule has 1 aromatic rings. The maximum Gasteiger partial charge on any atom is 0.189 e. The molecule has 122 valence electrons. The van der Waals surface area contributed by atoms with Gasteiger partial charge in [-0.3, -0.25) is 10.9 Å². The van der Waals surface area contributed by atoms with E-state index in [4.69, 9.17) is 36.0 Å². The van der Waals surface area contributed by atoms with E-state index in [0.29, 0.717) is 33.1 Å². The number of halogens is 2. The smallest absolute Gasteiger partial charge is 0.189 e. The van der Waals surface area contributed by atoms with Gasteiger partial charge in [-0.15, -0.1) is 0 Å². The van der Waals surface area contributed by atoms with Gasteiger partial charge in [-0.1, -0.05) is 23.8 Å². The predicted octanol–water partition coefficient (Wildman–Crippen LogP) is 3.73. The minimum absolute atomic E-state index is 0.415. The van der Waals surface area contributed by atoms with Gasteiger partial charge in [0.25, 0.3) is 0 Å². The zero-order chi connectivity index (χ0) is 16.4. The zero-order valence-corrected chi connectivity index (χ0v) is 16.1. The van der Waals surface area contributed by atoms with E-state index < -0.39 is 0 Å². The number of hydrogen-bond donors (Lipinski definition) is 4. The Morgan fingerprint density at radius 1 is 1.13 bits per heavy atom. The van der Waals surface area contributed by atoms with Crippen LogP contribution in [0.15, 0.2) is 34.8 Å². The maximum atomic E-state index is 6.05. The third-order valence-electron chi connectivity index (χ3n) is 4.06. The molecule has 0 heterocycles. The van der Waals surface area contributed by atoms with Crippen LogP contribution < -0.4 is 21.5 Å². The van der Waals surface area contributed by atoms with Gasteiger partial charge in [0.05, 0.1) is 5.02 Å². The van der Waals surface area contributed by atoms with E-state index in [9.17, 15) is 0 Å². The van der Waals surface area contributed by atoms with Crippen molar-refractivity contribution in [1.82, 2.24) is 16.2 Å². The van der Waals surface area contributed by atoms with Crippen LogP contribution in [-0.2, 0) is 0 Å². The number of anilines is 1. The lowest BCUT2D eigenvalue weighted by atomic mass is 10.0. The quantitative estimate of drug-likeness (QED) is 0.325. The Bertz CT molecular complexity index is 667. The molecule has 0 aromatic heterocycles. The van der Waals surface area contributed by atoms with Crippen molar-refractivity contribution in [3.05, 3.63) is 39.8 Å². The number of hydrazine groups is 1. The minimum Gasteiger partial charge on any atom is -0.358 e. The van der Waals surface area contributed by atoms with Gasteiger partial charge in [0, 0.05) is 16.2 Å². The van der Waals surface area contributed by atoms with E-state index in [-0.39, 0.29) is 0 Å². The first-order valence-corrected chi connectivity index (χ1v) is 9.27. The van der Waals surface area contributed by atoms with Crippen LogP contribution in [0.1, 0.15) is 12.8 Å². The molecule has 4 nitrogen and oxygen atoms in total. The number of rotatable bonds is 2. The fourth-order valence-electron chi connectivity index (χ4n) is 3.00. The van der Waals surface area contributed by atoms with Crippen molar-refractivity contribution >= 4 is 67.9 Å². The molecular weight excluding hydrogens is 416 g/mol. The molecule has 0 unspecified atom stereocenters. The fourth-order valence-corrected chi connectivity index (χ4v) is 3.80. The lowest BCUT2D eigenvalue weighted by molar-refractivity contribution is 0.518. The lowest BCUT2D eigenvalue weighted by Gasteiger charge is -2.22. The average molecular weight is 432 g/mol. The van der Waals surface area contributed by atoms with Gasteiger partial charge < -0.3 is 10.6 Å². The molecule has 23 heavy (non-hydrogen) atoms. The average Bonchev–Trinajstić information content (AvgIpc) is 3.12. The molecule has 1 fully saturated rings. The van der Waals surface area contributed by atoms with Gasteiger partial charge in [-0.25, -0.2) is 0 Å². The number of fused-ring (bicyclic) bond motifs is 2. The van der Waals surface area contributed by atoms with Crippen molar-refractivity contribution in [2.45, 2.75) is 18.9 Å². The summed E-state index contributed by atoms with van der Waals surface area (Å²) in [5.74, 6) is 1.30. The van der Waals surface area contributed by atoms with Crippen molar-refractivity contribution in [3.8, 4) is 0 Å². The number of hydrogen-bond acceptors (Lipinski definition) is 2. The van der Waals surface area contributed by atoms with Crippen LogP contribution in [0.3, 0.4) is 0 Å².